The predicted molar refractivity (Wildman–Crippen MR) is 127 cm³/mol. The summed E-state index contributed by atoms with van der Waals surface area (Å²) in [4.78, 5) is 19.3. The van der Waals surface area contributed by atoms with E-state index in [0.717, 1.165) is 80.6 Å². The zero-order valence-corrected chi connectivity index (χ0v) is 19.4. The number of ether oxygens (including phenoxy) is 2. The highest BCUT2D eigenvalue weighted by molar-refractivity contribution is 5.78. The zero-order chi connectivity index (χ0) is 22.6. The van der Waals surface area contributed by atoms with Crippen LogP contribution in [0.4, 0.5) is 5.82 Å². The lowest BCUT2D eigenvalue weighted by Crippen LogP contribution is -2.52. The maximum atomic E-state index is 12.7. The van der Waals surface area contributed by atoms with Gasteiger partial charge in [0, 0.05) is 50.7 Å². The minimum absolute atomic E-state index is 0.273. The number of nitrogens with zero attached hydrogens (tertiary/aromatic N) is 5. The molecule has 2 fully saturated rings. The number of amides is 1. The van der Waals surface area contributed by atoms with Gasteiger partial charge in [0.15, 0.2) is 17.3 Å². The third-order valence-electron chi connectivity index (χ3n) is 6.87. The second-order valence-electron chi connectivity index (χ2n) is 9.18. The Morgan fingerprint density at radius 2 is 1.76 bits per heavy atom. The van der Waals surface area contributed by atoms with Gasteiger partial charge in [-0.3, -0.25) is 9.69 Å². The number of fused-ring (bicyclic) bond motifs is 1. The Balaban J connectivity index is 1.16. The van der Waals surface area contributed by atoms with E-state index in [-0.39, 0.29) is 5.91 Å². The van der Waals surface area contributed by atoms with Gasteiger partial charge in [0.25, 0.3) is 0 Å². The average molecular weight is 452 g/mol. The maximum absolute atomic E-state index is 12.7. The van der Waals surface area contributed by atoms with E-state index in [9.17, 15) is 4.79 Å². The highest BCUT2D eigenvalue weighted by Gasteiger charge is 2.26. The normalized spacial score (nSPS) is 21.5. The van der Waals surface area contributed by atoms with Gasteiger partial charge >= 0.3 is 0 Å². The molecule has 3 aliphatic heterocycles. The van der Waals surface area contributed by atoms with Crippen molar-refractivity contribution in [3.63, 3.8) is 0 Å². The van der Waals surface area contributed by atoms with Crippen LogP contribution >= 0.6 is 0 Å². The summed E-state index contributed by atoms with van der Waals surface area (Å²) in [7, 11) is 0. The van der Waals surface area contributed by atoms with E-state index in [1.54, 1.807) is 0 Å². The molecule has 2 aromatic rings. The number of rotatable bonds is 4. The Morgan fingerprint density at radius 1 is 0.939 bits per heavy atom. The van der Waals surface area contributed by atoms with Crippen molar-refractivity contribution < 1.29 is 14.3 Å². The molecule has 2 saturated heterocycles. The first-order valence-corrected chi connectivity index (χ1v) is 12.2. The van der Waals surface area contributed by atoms with E-state index >= 15 is 0 Å². The van der Waals surface area contributed by atoms with E-state index in [1.807, 2.05) is 30.3 Å². The van der Waals surface area contributed by atoms with Gasteiger partial charge in [-0.2, -0.15) is 0 Å². The van der Waals surface area contributed by atoms with Crippen LogP contribution in [0.2, 0.25) is 0 Å². The van der Waals surface area contributed by atoms with Crippen LogP contribution in [0.15, 0.2) is 30.3 Å². The van der Waals surface area contributed by atoms with Gasteiger partial charge in [0.05, 0.1) is 25.5 Å². The molecule has 8 nitrogen and oxygen atoms in total. The number of carbonyl (C=O) groups excluding carboxylic acids is 1. The molecule has 176 valence electrons. The topological polar surface area (TPSA) is 71.0 Å². The Bertz CT molecular complexity index is 959. The minimum Gasteiger partial charge on any atom is -0.490 e. The number of piperazine rings is 1. The van der Waals surface area contributed by atoms with E-state index in [4.69, 9.17) is 9.47 Å². The van der Waals surface area contributed by atoms with Gasteiger partial charge in [-0.15, -0.1) is 10.2 Å². The summed E-state index contributed by atoms with van der Waals surface area (Å²) in [6.07, 6.45) is 4.38. The molecular weight excluding hydrogens is 418 g/mol. The van der Waals surface area contributed by atoms with Gasteiger partial charge in [0.1, 0.15) is 0 Å². The fraction of sp³-hybridized carbons (Fsp3) is 0.560. The van der Waals surface area contributed by atoms with Gasteiger partial charge in [-0.05, 0) is 56.5 Å². The van der Waals surface area contributed by atoms with Crippen LogP contribution < -0.4 is 14.4 Å². The largest absolute Gasteiger partial charge is 0.490 e. The van der Waals surface area contributed by atoms with Crippen molar-refractivity contribution in [2.24, 2.45) is 0 Å². The predicted octanol–water partition coefficient (Wildman–Crippen LogP) is 2.83. The summed E-state index contributed by atoms with van der Waals surface area (Å²) < 4.78 is 11.5. The number of likely N-dealkylation sites (tertiary alicyclic amines) is 1. The lowest BCUT2D eigenvalue weighted by Gasteiger charge is -2.38. The quantitative estimate of drug-likeness (QED) is 0.708. The van der Waals surface area contributed by atoms with Gasteiger partial charge in [-0.1, -0.05) is 0 Å². The smallest absolute Gasteiger partial charge is 0.236 e. The molecule has 4 heterocycles. The Morgan fingerprint density at radius 3 is 2.52 bits per heavy atom. The molecule has 1 aromatic heterocycles. The number of aromatic nitrogens is 2. The van der Waals surface area contributed by atoms with Crippen molar-refractivity contribution in [3.8, 4) is 22.8 Å². The van der Waals surface area contributed by atoms with Gasteiger partial charge < -0.3 is 19.3 Å². The second kappa shape index (κ2) is 9.95. The van der Waals surface area contributed by atoms with Crippen LogP contribution in [0.3, 0.4) is 0 Å². The lowest BCUT2D eigenvalue weighted by atomic mass is 10.0. The van der Waals surface area contributed by atoms with Crippen LogP contribution in [0, 0.1) is 0 Å². The number of hydrogen-bond acceptors (Lipinski definition) is 7. The SMILES string of the molecule is C[C@H]1CCCCN1C(=O)CN1CCN(c2ccc(-c3ccc4c(c3)OCCCO4)nn2)CC1. The van der Waals surface area contributed by atoms with Crippen molar-refractivity contribution in [1.82, 2.24) is 20.0 Å². The first-order chi connectivity index (χ1) is 16.2. The third kappa shape index (κ3) is 5.05. The van der Waals surface area contributed by atoms with Crippen LogP contribution in [-0.4, -0.2) is 84.4 Å². The van der Waals surface area contributed by atoms with Crippen LogP contribution in [0.1, 0.15) is 32.6 Å². The first-order valence-electron chi connectivity index (χ1n) is 12.2. The Labute approximate surface area is 195 Å². The highest BCUT2D eigenvalue weighted by Crippen LogP contribution is 2.33. The molecule has 0 N–H and O–H groups in total. The van der Waals surface area contributed by atoms with Crippen LogP contribution in [-0.2, 0) is 4.79 Å². The van der Waals surface area contributed by atoms with E-state index in [1.165, 1.54) is 6.42 Å². The third-order valence-corrected chi connectivity index (χ3v) is 6.87. The number of carbonyl (C=O) groups is 1. The van der Waals surface area contributed by atoms with Crippen LogP contribution in [0.25, 0.3) is 11.3 Å². The second-order valence-corrected chi connectivity index (χ2v) is 9.18. The van der Waals surface area contributed by atoms with Gasteiger partial charge in [0.2, 0.25) is 5.91 Å². The molecule has 1 atom stereocenters. The summed E-state index contributed by atoms with van der Waals surface area (Å²) >= 11 is 0. The number of piperidine rings is 1. The molecule has 0 spiro atoms. The molecule has 33 heavy (non-hydrogen) atoms. The fourth-order valence-electron chi connectivity index (χ4n) is 4.86. The summed E-state index contributed by atoms with van der Waals surface area (Å²) in [5, 5.41) is 8.96. The molecule has 1 amide bonds. The minimum atomic E-state index is 0.273. The van der Waals surface area contributed by atoms with E-state index in [0.29, 0.717) is 25.8 Å². The molecule has 0 bridgehead atoms. The average Bonchev–Trinajstić information content (AvgIpc) is 3.10. The number of hydrogen-bond donors (Lipinski definition) is 0. The standard InChI is InChI=1S/C25H33N5O3/c1-19-5-2-3-10-30(19)25(31)18-28-11-13-29(14-12-28)24-9-7-21(26-27-24)20-6-8-22-23(17-20)33-16-4-15-32-22/h6-9,17,19H,2-5,10-16,18H2,1H3/t19-/m0/s1. The highest BCUT2D eigenvalue weighted by atomic mass is 16.5. The zero-order valence-electron chi connectivity index (χ0n) is 19.4. The Hall–Kier alpha value is -2.87. The van der Waals surface area contributed by atoms with E-state index < -0.39 is 0 Å². The maximum Gasteiger partial charge on any atom is 0.236 e. The molecule has 0 aliphatic carbocycles. The van der Waals surface area contributed by atoms with E-state index in [2.05, 4.69) is 31.8 Å². The fourth-order valence-corrected chi connectivity index (χ4v) is 4.86. The van der Waals surface area contributed by atoms with Gasteiger partial charge in [-0.25, -0.2) is 0 Å². The van der Waals surface area contributed by atoms with Crippen molar-refractivity contribution in [3.05, 3.63) is 30.3 Å². The number of benzene rings is 1. The lowest BCUT2D eigenvalue weighted by molar-refractivity contribution is -0.135. The molecule has 5 rings (SSSR count). The molecule has 3 aliphatic rings. The summed E-state index contributed by atoms with van der Waals surface area (Å²) in [5.41, 5.74) is 1.78. The molecule has 1 aromatic carbocycles. The Kier molecular flexibility index (Phi) is 6.62. The molecule has 0 unspecified atom stereocenters. The van der Waals surface area contributed by atoms with Crippen molar-refractivity contribution >= 4 is 11.7 Å². The molecule has 8 heteroatoms. The van der Waals surface area contributed by atoms with Crippen molar-refractivity contribution in [2.75, 3.05) is 57.4 Å². The van der Waals surface area contributed by atoms with Crippen LogP contribution in [0.5, 0.6) is 11.5 Å². The monoisotopic (exact) mass is 451 g/mol. The molecule has 0 saturated carbocycles. The molecular formula is C25H33N5O3. The summed E-state index contributed by atoms with van der Waals surface area (Å²) in [6.45, 7) is 8.36. The number of anilines is 1. The molecule has 0 radical (unpaired) electrons. The van der Waals surface area contributed by atoms with Crippen molar-refractivity contribution in [1.29, 1.82) is 0 Å². The summed E-state index contributed by atoms with van der Waals surface area (Å²) in [6, 6.07) is 10.3. The first kappa shape index (κ1) is 21.9. The van der Waals surface area contributed by atoms with Crippen molar-refractivity contribution in [2.45, 2.75) is 38.6 Å². The summed E-state index contributed by atoms with van der Waals surface area (Å²) in [5.74, 6) is 2.70.